The molecule has 0 saturated carbocycles. The van der Waals surface area contributed by atoms with Crippen molar-refractivity contribution in [2.45, 2.75) is 12.1 Å². The van der Waals surface area contributed by atoms with Crippen LogP contribution in [0, 0.1) is 6.92 Å². The fraction of sp³-hybridized carbons (Fsp3) is 0.273. The van der Waals surface area contributed by atoms with Gasteiger partial charge in [0, 0.05) is 7.05 Å². The van der Waals surface area contributed by atoms with E-state index < -0.39 is 0 Å². The molecular weight excluding hydrogens is 266 g/mol. The van der Waals surface area contributed by atoms with Crippen molar-refractivity contribution in [2.75, 3.05) is 5.75 Å². The van der Waals surface area contributed by atoms with Crippen LogP contribution in [0.2, 0.25) is 0 Å². The quantitative estimate of drug-likeness (QED) is 0.500. The number of amides is 1. The summed E-state index contributed by atoms with van der Waals surface area (Å²) in [6.07, 6.45) is 3.04. The summed E-state index contributed by atoms with van der Waals surface area (Å²) < 4.78 is 7.02. The van der Waals surface area contributed by atoms with Crippen LogP contribution < -0.4 is 5.43 Å². The van der Waals surface area contributed by atoms with E-state index in [4.69, 9.17) is 4.42 Å². The lowest BCUT2D eigenvalue weighted by molar-refractivity contribution is -0.118. The molecule has 8 heteroatoms. The molecule has 2 aromatic rings. The zero-order valence-corrected chi connectivity index (χ0v) is 11.3. The Morgan fingerprint density at radius 1 is 1.63 bits per heavy atom. The van der Waals surface area contributed by atoms with Crippen LogP contribution in [-0.2, 0) is 11.8 Å². The Morgan fingerprint density at radius 3 is 3.11 bits per heavy atom. The number of nitrogens with one attached hydrogen (secondary N) is 1. The molecule has 19 heavy (non-hydrogen) atoms. The fourth-order valence-electron chi connectivity index (χ4n) is 1.26. The highest BCUT2D eigenvalue weighted by molar-refractivity contribution is 7.99. The second-order valence-corrected chi connectivity index (χ2v) is 4.70. The molecule has 0 aliphatic rings. The molecule has 0 saturated heterocycles. The van der Waals surface area contributed by atoms with Crippen molar-refractivity contribution in [3.63, 3.8) is 0 Å². The predicted molar refractivity (Wildman–Crippen MR) is 70.9 cm³/mol. The van der Waals surface area contributed by atoms with Crippen LogP contribution in [-0.4, -0.2) is 32.6 Å². The van der Waals surface area contributed by atoms with Crippen molar-refractivity contribution in [3.8, 4) is 0 Å². The van der Waals surface area contributed by atoms with Gasteiger partial charge in [-0.3, -0.25) is 4.79 Å². The predicted octanol–water partition coefficient (Wildman–Crippen LogP) is 0.959. The molecule has 0 radical (unpaired) electrons. The minimum atomic E-state index is -0.215. The zero-order valence-electron chi connectivity index (χ0n) is 10.5. The fourth-order valence-corrected chi connectivity index (χ4v) is 1.94. The van der Waals surface area contributed by atoms with Gasteiger partial charge in [-0.1, -0.05) is 11.8 Å². The first-order chi connectivity index (χ1) is 9.15. The third-order valence-corrected chi connectivity index (χ3v) is 3.18. The van der Waals surface area contributed by atoms with Crippen LogP contribution in [0.4, 0.5) is 0 Å². The molecule has 2 rings (SSSR count). The van der Waals surface area contributed by atoms with Crippen LogP contribution in [0.25, 0.3) is 0 Å². The number of hydrogen-bond donors (Lipinski definition) is 1. The molecule has 0 atom stereocenters. The SMILES string of the molecule is Cc1ccc(/C=N/NC(=O)CSc2nncn2C)o1. The molecule has 2 aromatic heterocycles. The van der Waals surface area contributed by atoms with Crippen LogP contribution in [0.5, 0.6) is 0 Å². The number of furan rings is 1. The normalized spacial score (nSPS) is 11.1. The molecule has 1 amide bonds. The maximum absolute atomic E-state index is 11.5. The average Bonchev–Trinajstić information content (AvgIpc) is 2.96. The Labute approximate surface area is 114 Å². The monoisotopic (exact) mass is 279 g/mol. The van der Waals surface area contributed by atoms with Gasteiger partial charge in [-0.25, -0.2) is 5.43 Å². The highest BCUT2D eigenvalue weighted by atomic mass is 32.2. The van der Waals surface area contributed by atoms with Gasteiger partial charge in [-0.05, 0) is 19.1 Å². The Bertz CT molecular complexity index is 589. The topological polar surface area (TPSA) is 85.3 Å². The molecule has 0 fully saturated rings. The van der Waals surface area contributed by atoms with Gasteiger partial charge in [0.25, 0.3) is 5.91 Å². The molecule has 0 aliphatic carbocycles. The van der Waals surface area contributed by atoms with E-state index in [-0.39, 0.29) is 11.7 Å². The summed E-state index contributed by atoms with van der Waals surface area (Å²) in [5.41, 5.74) is 2.41. The van der Waals surface area contributed by atoms with Gasteiger partial charge in [-0.15, -0.1) is 10.2 Å². The second kappa shape index (κ2) is 6.19. The Kier molecular flexibility index (Phi) is 4.35. The lowest BCUT2D eigenvalue weighted by atomic mass is 10.4. The van der Waals surface area contributed by atoms with Crippen LogP contribution in [0.15, 0.2) is 33.1 Å². The van der Waals surface area contributed by atoms with Crippen molar-refractivity contribution >= 4 is 23.9 Å². The molecular formula is C11H13N5O2S. The van der Waals surface area contributed by atoms with E-state index >= 15 is 0 Å². The summed E-state index contributed by atoms with van der Waals surface area (Å²) >= 11 is 1.29. The van der Waals surface area contributed by atoms with Crippen molar-refractivity contribution in [1.82, 2.24) is 20.2 Å². The molecule has 0 unspecified atom stereocenters. The molecule has 0 aromatic carbocycles. The number of hydrogen-bond acceptors (Lipinski definition) is 6. The third-order valence-electron chi connectivity index (χ3n) is 2.14. The van der Waals surface area contributed by atoms with E-state index in [0.717, 1.165) is 5.76 Å². The molecule has 1 N–H and O–H groups in total. The van der Waals surface area contributed by atoms with Gasteiger partial charge >= 0.3 is 0 Å². The summed E-state index contributed by atoms with van der Waals surface area (Å²) in [5, 5.41) is 12.1. The minimum absolute atomic E-state index is 0.215. The first kappa shape index (κ1) is 13.3. The number of carbonyl (C=O) groups excluding carboxylic acids is 1. The largest absolute Gasteiger partial charge is 0.460 e. The number of carbonyl (C=O) groups is 1. The molecule has 0 bridgehead atoms. The van der Waals surface area contributed by atoms with Gasteiger partial charge in [-0.2, -0.15) is 5.10 Å². The van der Waals surface area contributed by atoms with Gasteiger partial charge in [0.15, 0.2) is 5.16 Å². The van der Waals surface area contributed by atoms with Gasteiger partial charge in [0.2, 0.25) is 0 Å². The standard InChI is InChI=1S/C11H13N5O2S/c1-8-3-4-9(18-8)5-12-14-10(17)6-19-11-15-13-7-16(11)2/h3-5,7H,6H2,1-2H3,(H,14,17)/b12-5+. The number of thioether (sulfide) groups is 1. The molecule has 100 valence electrons. The van der Waals surface area contributed by atoms with E-state index in [1.807, 2.05) is 20.0 Å². The smallest absolute Gasteiger partial charge is 0.250 e. The number of nitrogens with zero attached hydrogens (tertiary/aromatic N) is 4. The van der Waals surface area contributed by atoms with Crippen LogP contribution in [0.1, 0.15) is 11.5 Å². The van der Waals surface area contributed by atoms with Gasteiger partial charge in [0.1, 0.15) is 17.8 Å². The van der Waals surface area contributed by atoms with Crippen LogP contribution >= 0.6 is 11.8 Å². The highest BCUT2D eigenvalue weighted by Gasteiger charge is 2.05. The summed E-state index contributed by atoms with van der Waals surface area (Å²) in [6, 6.07) is 3.60. The van der Waals surface area contributed by atoms with Crippen molar-refractivity contribution in [3.05, 3.63) is 30.0 Å². The number of aromatic nitrogens is 3. The van der Waals surface area contributed by atoms with Gasteiger partial charge < -0.3 is 8.98 Å². The average molecular weight is 279 g/mol. The van der Waals surface area contributed by atoms with E-state index in [1.165, 1.54) is 18.0 Å². The first-order valence-corrected chi connectivity index (χ1v) is 6.49. The lowest BCUT2D eigenvalue weighted by Crippen LogP contribution is -2.19. The Balaban J connectivity index is 1.76. The van der Waals surface area contributed by atoms with E-state index in [2.05, 4.69) is 20.7 Å². The molecule has 2 heterocycles. The Morgan fingerprint density at radius 2 is 2.47 bits per heavy atom. The zero-order chi connectivity index (χ0) is 13.7. The maximum atomic E-state index is 11.5. The number of aryl methyl sites for hydroxylation is 2. The minimum Gasteiger partial charge on any atom is -0.460 e. The summed E-state index contributed by atoms with van der Waals surface area (Å²) in [4.78, 5) is 11.5. The summed E-state index contributed by atoms with van der Waals surface area (Å²) in [5.74, 6) is 1.40. The number of rotatable bonds is 5. The lowest BCUT2D eigenvalue weighted by Gasteiger charge is -1.99. The molecule has 0 spiro atoms. The summed E-state index contributed by atoms with van der Waals surface area (Å²) in [7, 11) is 1.82. The van der Waals surface area contributed by atoms with Crippen LogP contribution in [0.3, 0.4) is 0 Å². The van der Waals surface area contributed by atoms with Crippen molar-refractivity contribution in [2.24, 2.45) is 12.1 Å². The first-order valence-electron chi connectivity index (χ1n) is 5.50. The highest BCUT2D eigenvalue weighted by Crippen LogP contribution is 2.12. The van der Waals surface area contributed by atoms with E-state index in [1.54, 1.807) is 17.0 Å². The van der Waals surface area contributed by atoms with Crippen molar-refractivity contribution in [1.29, 1.82) is 0 Å². The van der Waals surface area contributed by atoms with E-state index in [0.29, 0.717) is 10.9 Å². The summed E-state index contributed by atoms with van der Waals surface area (Å²) in [6.45, 7) is 1.84. The molecule has 7 nitrogen and oxygen atoms in total. The van der Waals surface area contributed by atoms with Crippen molar-refractivity contribution < 1.29 is 9.21 Å². The Hall–Kier alpha value is -2.09. The number of hydrazone groups is 1. The van der Waals surface area contributed by atoms with E-state index in [9.17, 15) is 4.79 Å². The third kappa shape index (κ3) is 3.95. The molecule has 0 aliphatic heterocycles. The maximum Gasteiger partial charge on any atom is 0.250 e. The van der Waals surface area contributed by atoms with Gasteiger partial charge in [0.05, 0.1) is 12.0 Å². The second-order valence-electron chi connectivity index (χ2n) is 3.75.